The minimum Gasteiger partial charge on any atom is -0.488 e. The van der Waals surface area contributed by atoms with E-state index in [0.29, 0.717) is 11.2 Å². The minimum atomic E-state index is -0.795. The molecule has 2 aromatic heterocycles. The highest BCUT2D eigenvalue weighted by Crippen LogP contribution is 2.44. The zero-order valence-electron chi connectivity index (χ0n) is 15.7. The van der Waals surface area contributed by atoms with Crippen molar-refractivity contribution in [3.05, 3.63) is 47.9 Å². The summed E-state index contributed by atoms with van der Waals surface area (Å²) in [5, 5.41) is 0.256. The Labute approximate surface area is 170 Å². The topological polar surface area (TPSA) is 80.5 Å². The van der Waals surface area contributed by atoms with Crippen molar-refractivity contribution in [3.63, 3.8) is 0 Å². The quantitative estimate of drug-likeness (QED) is 0.600. The molecule has 4 heterocycles. The second kappa shape index (κ2) is 6.88. The van der Waals surface area contributed by atoms with Gasteiger partial charge in [-0.2, -0.15) is 0 Å². The molecule has 3 aromatic rings. The number of benzene rings is 1. The number of nitrogens with zero attached hydrogens (tertiary/aromatic N) is 4. The lowest BCUT2D eigenvalue weighted by Crippen LogP contribution is -2.34. The van der Waals surface area contributed by atoms with Crippen LogP contribution < -0.4 is 4.74 Å². The van der Waals surface area contributed by atoms with E-state index in [1.165, 1.54) is 12.4 Å². The molecular formula is C19H18ClFN4O4. The minimum absolute atomic E-state index is 0.0976. The van der Waals surface area contributed by atoms with E-state index < -0.39 is 36.1 Å². The van der Waals surface area contributed by atoms with Crippen molar-refractivity contribution in [1.82, 2.24) is 19.5 Å². The number of hydrogen-bond acceptors (Lipinski definition) is 7. The molecule has 2 fully saturated rings. The molecule has 5 rings (SSSR count). The molecule has 1 aromatic carbocycles. The lowest BCUT2D eigenvalue weighted by molar-refractivity contribution is -0.199. The van der Waals surface area contributed by atoms with Crippen LogP contribution in [0, 0.1) is 5.82 Å². The Bertz CT molecular complexity index is 1060. The monoisotopic (exact) mass is 420 g/mol. The maximum absolute atomic E-state index is 13.9. The number of para-hydroxylation sites is 1. The first-order valence-electron chi connectivity index (χ1n) is 9.14. The van der Waals surface area contributed by atoms with Crippen molar-refractivity contribution in [1.29, 1.82) is 0 Å². The molecule has 0 saturated carbocycles. The van der Waals surface area contributed by atoms with Gasteiger partial charge in [-0.15, -0.1) is 0 Å². The predicted octanol–water partition coefficient (Wildman–Crippen LogP) is 3.12. The van der Waals surface area contributed by atoms with Gasteiger partial charge in [-0.3, -0.25) is 4.57 Å². The summed E-state index contributed by atoms with van der Waals surface area (Å²) in [6, 6.07) is 6.22. The Kier molecular flexibility index (Phi) is 4.43. The molecule has 2 aliphatic rings. The number of imidazole rings is 1. The molecule has 0 radical (unpaired) electrons. The van der Waals surface area contributed by atoms with Crippen molar-refractivity contribution in [2.45, 2.75) is 44.2 Å². The van der Waals surface area contributed by atoms with Crippen molar-refractivity contribution in [2.24, 2.45) is 0 Å². The highest BCUT2D eigenvalue weighted by atomic mass is 35.5. The molecule has 0 aliphatic carbocycles. The highest BCUT2D eigenvalue weighted by molar-refractivity contribution is 6.33. The number of ether oxygens (including phenoxy) is 4. The number of fused-ring (bicyclic) bond motifs is 2. The van der Waals surface area contributed by atoms with Gasteiger partial charge in [0.15, 0.2) is 34.4 Å². The standard InChI is InChI=1S/C19H18ClFN4O4/c1-19(2)28-14-12(7-26-11-6-4-3-5-10(11)21)27-18(15(14)29-19)25-9-24-13-16(20)22-8-23-17(13)25/h3-6,8-9,12,14-15,18H,7H2,1-2H3/t12-,14+,15+,18+/m0/s1. The summed E-state index contributed by atoms with van der Waals surface area (Å²) in [5.74, 6) is -1.08. The van der Waals surface area contributed by atoms with Crippen LogP contribution >= 0.6 is 11.6 Å². The molecule has 0 unspecified atom stereocenters. The van der Waals surface area contributed by atoms with Crippen LogP contribution in [0.25, 0.3) is 11.2 Å². The summed E-state index contributed by atoms with van der Waals surface area (Å²) in [6.07, 6.45) is 1.07. The van der Waals surface area contributed by atoms with E-state index >= 15 is 0 Å². The van der Waals surface area contributed by atoms with Crippen LogP contribution in [0.5, 0.6) is 5.75 Å². The summed E-state index contributed by atoms with van der Waals surface area (Å²) < 4.78 is 39.7. The zero-order chi connectivity index (χ0) is 20.2. The third-order valence-electron chi connectivity index (χ3n) is 4.95. The summed E-state index contributed by atoms with van der Waals surface area (Å²) in [6.45, 7) is 3.77. The fourth-order valence-electron chi connectivity index (χ4n) is 3.76. The molecule has 0 N–H and O–H groups in total. The molecule has 2 saturated heterocycles. The van der Waals surface area contributed by atoms with Gasteiger partial charge >= 0.3 is 0 Å². The van der Waals surface area contributed by atoms with Gasteiger partial charge in [0.05, 0.1) is 6.33 Å². The van der Waals surface area contributed by atoms with Gasteiger partial charge in [-0.05, 0) is 26.0 Å². The van der Waals surface area contributed by atoms with E-state index in [9.17, 15) is 4.39 Å². The molecule has 29 heavy (non-hydrogen) atoms. The average molecular weight is 421 g/mol. The largest absolute Gasteiger partial charge is 0.488 e. The Balaban J connectivity index is 1.44. The first kappa shape index (κ1) is 18.7. The SMILES string of the molecule is CC1(C)O[C@@H]2[C@H](O1)[C@H](COc1ccccc1F)O[C@H]2n1cnc2c(Cl)ncnc21. The molecule has 8 nitrogen and oxygen atoms in total. The normalized spacial score (nSPS) is 28.0. The van der Waals surface area contributed by atoms with Gasteiger partial charge in [0, 0.05) is 0 Å². The van der Waals surface area contributed by atoms with Crippen LogP contribution in [0.1, 0.15) is 20.1 Å². The van der Waals surface area contributed by atoms with Crippen molar-refractivity contribution in [2.75, 3.05) is 6.61 Å². The third-order valence-corrected chi connectivity index (χ3v) is 5.23. The summed E-state index contributed by atoms with van der Waals surface area (Å²) in [7, 11) is 0. The summed E-state index contributed by atoms with van der Waals surface area (Å²) in [4.78, 5) is 12.5. The Morgan fingerprint density at radius 1 is 1.17 bits per heavy atom. The first-order chi connectivity index (χ1) is 13.9. The molecule has 152 valence electrons. The average Bonchev–Trinajstić information content (AvgIpc) is 3.33. The van der Waals surface area contributed by atoms with Crippen LogP contribution in [0.2, 0.25) is 5.15 Å². The van der Waals surface area contributed by atoms with Crippen molar-refractivity contribution in [3.8, 4) is 5.75 Å². The van der Waals surface area contributed by atoms with Crippen LogP contribution in [0.15, 0.2) is 36.9 Å². The smallest absolute Gasteiger partial charge is 0.167 e. The van der Waals surface area contributed by atoms with Gasteiger partial charge in [0.25, 0.3) is 0 Å². The van der Waals surface area contributed by atoms with Crippen molar-refractivity contribution < 1.29 is 23.3 Å². The Morgan fingerprint density at radius 3 is 2.79 bits per heavy atom. The van der Waals surface area contributed by atoms with E-state index in [1.54, 1.807) is 29.1 Å². The van der Waals surface area contributed by atoms with Gasteiger partial charge < -0.3 is 18.9 Å². The second-order valence-electron chi connectivity index (χ2n) is 7.36. The van der Waals surface area contributed by atoms with Crippen LogP contribution in [0.3, 0.4) is 0 Å². The third kappa shape index (κ3) is 3.24. The fourth-order valence-corrected chi connectivity index (χ4v) is 3.94. The van der Waals surface area contributed by atoms with Crippen LogP contribution in [-0.2, 0) is 14.2 Å². The number of halogens is 2. The Morgan fingerprint density at radius 2 is 1.97 bits per heavy atom. The van der Waals surface area contributed by atoms with E-state index in [-0.39, 0.29) is 17.5 Å². The molecule has 10 heteroatoms. The fraction of sp³-hybridized carbons (Fsp3) is 0.421. The zero-order valence-corrected chi connectivity index (χ0v) is 16.4. The predicted molar refractivity (Wildman–Crippen MR) is 100.0 cm³/mol. The molecule has 0 amide bonds. The van der Waals surface area contributed by atoms with Crippen LogP contribution in [-0.4, -0.2) is 50.2 Å². The van der Waals surface area contributed by atoms with E-state index in [1.807, 2.05) is 13.8 Å². The van der Waals surface area contributed by atoms with Crippen LogP contribution in [0.4, 0.5) is 4.39 Å². The van der Waals surface area contributed by atoms with Gasteiger partial charge in [0.2, 0.25) is 0 Å². The van der Waals surface area contributed by atoms with Crippen molar-refractivity contribution >= 4 is 22.8 Å². The highest BCUT2D eigenvalue weighted by Gasteiger charge is 2.56. The molecular weight excluding hydrogens is 403 g/mol. The second-order valence-corrected chi connectivity index (χ2v) is 7.72. The van der Waals surface area contributed by atoms with Gasteiger partial charge in [0.1, 0.15) is 36.8 Å². The first-order valence-corrected chi connectivity index (χ1v) is 9.52. The maximum atomic E-state index is 13.9. The maximum Gasteiger partial charge on any atom is 0.167 e. The van der Waals surface area contributed by atoms with Gasteiger partial charge in [-0.25, -0.2) is 19.3 Å². The lowest BCUT2D eigenvalue weighted by atomic mass is 10.1. The van der Waals surface area contributed by atoms with E-state index in [4.69, 9.17) is 30.5 Å². The number of hydrogen-bond donors (Lipinski definition) is 0. The molecule has 0 bridgehead atoms. The van der Waals surface area contributed by atoms with E-state index in [2.05, 4.69) is 15.0 Å². The molecule has 0 spiro atoms. The number of rotatable bonds is 4. The van der Waals surface area contributed by atoms with E-state index in [0.717, 1.165) is 0 Å². The number of aromatic nitrogens is 4. The summed E-state index contributed by atoms with van der Waals surface area (Å²) >= 11 is 6.12. The summed E-state index contributed by atoms with van der Waals surface area (Å²) in [5.41, 5.74) is 0.997. The molecule has 4 atom stereocenters. The molecule has 2 aliphatic heterocycles. The Hall–Kier alpha value is -2.33. The van der Waals surface area contributed by atoms with Gasteiger partial charge in [-0.1, -0.05) is 23.7 Å². The lowest BCUT2D eigenvalue weighted by Gasteiger charge is -2.24.